The first-order chi connectivity index (χ1) is 8.69. The Morgan fingerprint density at radius 1 is 1.22 bits per heavy atom. The van der Waals surface area contributed by atoms with Gasteiger partial charge in [-0.2, -0.15) is 0 Å². The van der Waals surface area contributed by atoms with Gasteiger partial charge in [-0.1, -0.05) is 33.6 Å². The maximum absolute atomic E-state index is 5.99. The van der Waals surface area contributed by atoms with E-state index in [-0.39, 0.29) is 0 Å². The molecule has 0 saturated carbocycles. The number of halogens is 2. The fourth-order valence-corrected chi connectivity index (χ4v) is 2.65. The van der Waals surface area contributed by atoms with Crippen LogP contribution < -0.4 is 5.32 Å². The first-order valence-corrected chi connectivity index (χ1v) is 7.90. The number of anilines is 1. The fraction of sp³-hybridized carbons (Fsp3) is 0.143. The summed E-state index contributed by atoms with van der Waals surface area (Å²) in [5.41, 5.74) is 2.27. The highest BCUT2D eigenvalue weighted by molar-refractivity contribution is 9.10. The maximum atomic E-state index is 5.99. The zero-order chi connectivity index (χ0) is 13.0. The Bertz CT molecular complexity index is 545. The SMILES string of the molecule is CSc1cccc(NCc2cc(Cl)ccc2Br)c1. The van der Waals surface area contributed by atoms with Crippen LogP contribution in [-0.2, 0) is 6.54 Å². The molecule has 0 bridgehead atoms. The van der Waals surface area contributed by atoms with Crippen molar-refractivity contribution in [2.24, 2.45) is 0 Å². The van der Waals surface area contributed by atoms with Crippen LogP contribution >= 0.6 is 39.3 Å². The fourth-order valence-electron chi connectivity index (χ4n) is 1.61. The number of hydrogen-bond donors (Lipinski definition) is 1. The molecule has 0 unspecified atom stereocenters. The van der Waals surface area contributed by atoms with E-state index in [0.29, 0.717) is 0 Å². The minimum absolute atomic E-state index is 0.749. The van der Waals surface area contributed by atoms with Crippen molar-refractivity contribution in [1.29, 1.82) is 0 Å². The molecule has 0 aliphatic heterocycles. The third-order valence-electron chi connectivity index (χ3n) is 2.56. The summed E-state index contributed by atoms with van der Waals surface area (Å²) in [5.74, 6) is 0. The topological polar surface area (TPSA) is 12.0 Å². The molecular formula is C14H13BrClNS. The van der Waals surface area contributed by atoms with Gasteiger partial charge in [-0.15, -0.1) is 11.8 Å². The van der Waals surface area contributed by atoms with E-state index in [9.17, 15) is 0 Å². The average molecular weight is 343 g/mol. The first kappa shape index (κ1) is 13.8. The van der Waals surface area contributed by atoms with Crippen molar-refractivity contribution in [3.63, 3.8) is 0 Å². The summed E-state index contributed by atoms with van der Waals surface area (Å²) >= 11 is 11.3. The van der Waals surface area contributed by atoms with Crippen LogP contribution in [0, 0.1) is 0 Å². The van der Waals surface area contributed by atoms with E-state index < -0.39 is 0 Å². The number of nitrogens with one attached hydrogen (secondary N) is 1. The summed E-state index contributed by atoms with van der Waals surface area (Å²) in [5, 5.41) is 4.16. The Balaban J connectivity index is 2.08. The molecule has 2 aromatic rings. The molecule has 4 heteroatoms. The van der Waals surface area contributed by atoms with E-state index >= 15 is 0 Å². The van der Waals surface area contributed by atoms with Gasteiger partial charge in [0.25, 0.3) is 0 Å². The van der Waals surface area contributed by atoms with E-state index in [2.05, 4.69) is 51.8 Å². The van der Waals surface area contributed by atoms with E-state index in [1.165, 1.54) is 4.90 Å². The van der Waals surface area contributed by atoms with Crippen molar-refractivity contribution in [1.82, 2.24) is 0 Å². The molecule has 0 saturated heterocycles. The number of hydrogen-bond acceptors (Lipinski definition) is 2. The predicted molar refractivity (Wildman–Crippen MR) is 84.7 cm³/mol. The highest BCUT2D eigenvalue weighted by Crippen LogP contribution is 2.23. The van der Waals surface area contributed by atoms with Crippen molar-refractivity contribution >= 4 is 45.0 Å². The molecule has 0 fully saturated rings. The molecule has 0 spiro atoms. The van der Waals surface area contributed by atoms with E-state index in [1.54, 1.807) is 11.8 Å². The highest BCUT2D eigenvalue weighted by Gasteiger charge is 2.01. The molecule has 1 N–H and O–H groups in total. The van der Waals surface area contributed by atoms with Gasteiger partial charge in [-0.3, -0.25) is 0 Å². The van der Waals surface area contributed by atoms with Gasteiger partial charge in [0.2, 0.25) is 0 Å². The third kappa shape index (κ3) is 3.67. The molecule has 0 aliphatic rings. The molecule has 0 aliphatic carbocycles. The second-order valence-corrected chi connectivity index (χ2v) is 5.99. The van der Waals surface area contributed by atoms with Crippen molar-refractivity contribution in [2.45, 2.75) is 11.4 Å². The van der Waals surface area contributed by atoms with E-state index in [4.69, 9.17) is 11.6 Å². The lowest BCUT2D eigenvalue weighted by molar-refractivity contribution is 1.13. The van der Waals surface area contributed by atoms with E-state index in [1.807, 2.05) is 18.2 Å². The Kier molecular flexibility index (Phi) is 4.98. The van der Waals surface area contributed by atoms with Crippen molar-refractivity contribution in [3.8, 4) is 0 Å². The average Bonchev–Trinajstić information content (AvgIpc) is 2.40. The van der Waals surface area contributed by atoms with Gasteiger partial charge in [0.05, 0.1) is 0 Å². The van der Waals surface area contributed by atoms with Crippen molar-refractivity contribution < 1.29 is 0 Å². The number of benzene rings is 2. The van der Waals surface area contributed by atoms with Gasteiger partial charge >= 0.3 is 0 Å². The van der Waals surface area contributed by atoms with Crippen molar-refractivity contribution in [2.75, 3.05) is 11.6 Å². The lowest BCUT2D eigenvalue weighted by Gasteiger charge is -2.09. The second-order valence-electron chi connectivity index (χ2n) is 3.82. The summed E-state index contributed by atoms with van der Waals surface area (Å²) < 4.78 is 1.07. The van der Waals surface area contributed by atoms with Gasteiger partial charge in [0.1, 0.15) is 0 Å². The van der Waals surface area contributed by atoms with Crippen LogP contribution in [0.2, 0.25) is 5.02 Å². The van der Waals surface area contributed by atoms with Gasteiger partial charge < -0.3 is 5.32 Å². The van der Waals surface area contributed by atoms with Gasteiger partial charge in [-0.25, -0.2) is 0 Å². The Hall–Kier alpha value is -0.640. The van der Waals surface area contributed by atoms with Gasteiger partial charge in [0.15, 0.2) is 0 Å². The third-order valence-corrected chi connectivity index (χ3v) is 4.29. The van der Waals surface area contributed by atoms with Crippen LogP contribution in [0.15, 0.2) is 51.8 Å². The molecule has 0 atom stereocenters. The molecule has 2 rings (SSSR count). The minimum atomic E-state index is 0.749. The zero-order valence-corrected chi connectivity index (χ0v) is 13.1. The van der Waals surface area contributed by atoms with Gasteiger partial charge in [-0.05, 0) is 48.2 Å². The molecule has 1 nitrogen and oxygen atoms in total. The Labute approximate surface area is 125 Å². The summed E-state index contributed by atoms with van der Waals surface area (Å²) in [6, 6.07) is 14.2. The molecular weight excluding hydrogens is 330 g/mol. The standard InChI is InChI=1S/C14H13BrClNS/c1-18-13-4-2-3-12(8-13)17-9-10-7-11(16)5-6-14(10)15/h2-8,17H,9H2,1H3. The lowest BCUT2D eigenvalue weighted by atomic mass is 10.2. The van der Waals surface area contributed by atoms with Crippen LogP contribution in [0.3, 0.4) is 0 Å². The lowest BCUT2D eigenvalue weighted by Crippen LogP contribution is -2.00. The molecule has 0 amide bonds. The Morgan fingerprint density at radius 3 is 2.83 bits per heavy atom. The first-order valence-electron chi connectivity index (χ1n) is 5.51. The zero-order valence-electron chi connectivity index (χ0n) is 9.91. The minimum Gasteiger partial charge on any atom is -0.381 e. The molecule has 18 heavy (non-hydrogen) atoms. The highest BCUT2D eigenvalue weighted by atomic mass is 79.9. The summed E-state index contributed by atoms with van der Waals surface area (Å²) in [4.78, 5) is 1.25. The van der Waals surface area contributed by atoms with Gasteiger partial charge in [0, 0.05) is 26.6 Å². The molecule has 2 aromatic carbocycles. The number of thioether (sulfide) groups is 1. The molecule has 94 valence electrons. The largest absolute Gasteiger partial charge is 0.381 e. The van der Waals surface area contributed by atoms with Crippen LogP contribution in [0.1, 0.15) is 5.56 Å². The van der Waals surface area contributed by atoms with Crippen LogP contribution in [0.25, 0.3) is 0 Å². The van der Waals surface area contributed by atoms with Crippen molar-refractivity contribution in [3.05, 3.63) is 57.5 Å². The smallest absolute Gasteiger partial charge is 0.0412 e. The summed E-state index contributed by atoms with van der Waals surface area (Å²) in [7, 11) is 0. The normalized spacial score (nSPS) is 10.4. The molecule has 0 radical (unpaired) electrons. The Morgan fingerprint density at radius 2 is 2.06 bits per heavy atom. The summed E-state index contributed by atoms with van der Waals surface area (Å²) in [6.07, 6.45) is 2.08. The van der Waals surface area contributed by atoms with Crippen LogP contribution in [-0.4, -0.2) is 6.26 Å². The number of rotatable bonds is 4. The summed E-state index contributed by atoms with van der Waals surface area (Å²) in [6.45, 7) is 0.749. The van der Waals surface area contributed by atoms with Crippen LogP contribution in [0.5, 0.6) is 0 Å². The quantitative estimate of drug-likeness (QED) is 0.743. The second kappa shape index (κ2) is 6.50. The molecule has 0 aromatic heterocycles. The molecule has 0 heterocycles. The predicted octanol–water partition coefficient (Wildman–Crippen LogP) is 5.44. The van der Waals surface area contributed by atoms with Crippen LogP contribution in [0.4, 0.5) is 5.69 Å². The monoisotopic (exact) mass is 341 g/mol. The maximum Gasteiger partial charge on any atom is 0.0412 e. The van der Waals surface area contributed by atoms with E-state index in [0.717, 1.165) is 27.3 Å².